The third-order valence-corrected chi connectivity index (χ3v) is 6.75. The second-order valence-corrected chi connectivity index (χ2v) is 10.5. The monoisotopic (exact) mass is 414 g/mol. The fourth-order valence-corrected chi connectivity index (χ4v) is 5.94. The summed E-state index contributed by atoms with van der Waals surface area (Å²) < 4.78 is 1.81. The Labute approximate surface area is 184 Å². The number of carbonyl (C=O) groups excluding carboxylic acids is 1. The molecule has 2 aliphatic rings. The van der Waals surface area contributed by atoms with Crippen molar-refractivity contribution in [1.29, 1.82) is 0 Å². The molecule has 1 amide bonds. The Hall–Kier alpha value is -2.95. The highest BCUT2D eigenvalue weighted by atomic mass is 16.2. The molecule has 5 nitrogen and oxygen atoms in total. The predicted octanol–water partition coefficient (Wildman–Crippen LogP) is 5.28. The van der Waals surface area contributed by atoms with Crippen LogP contribution in [-0.2, 0) is 0 Å². The largest absolute Gasteiger partial charge is 0.332 e. The molecule has 0 radical (unpaired) electrons. The lowest BCUT2D eigenvalue weighted by molar-refractivity contribution is 0.0696. The van der Waals surface area contributed by atoms with E-state index in [1.165, 1.54) is 0 Å². The van der Waals surface area contributed by atoms with Gasteiger partial charge in [0.25, 0.3) is 5.91 Å². The van der Waals surface area contributed by atoms with Gasteiger partial charge >= 0.3 is 0 Å². The van der Waals surface area contributed by atoms with Gasteiger partial charge in [0, 0.05) is 18.2 Å². The number of benzene rings is 2. The fraction of sp³-hybridized carbons (Fsp3) is 0.423. The van der Waals surface area contributed by atoms with Crippen LogP contribution in [0.2, 0.25) is 0 Å². The van der Waals surface area contributed by atoms with Crippen molar-refractivity contribution in [2.75, 3.05) is 6.54 Å². The van der Waals surface area contributed by atoms with Crippen molar-refractivity contribution in [3.8, 4) is 17.1 Å². The molecule has 2 bridgehead atoms. The van der Waals surface area contributed by atoms with Crippen LogP contribution < -0.4 is 0 Å². The van der Waals surface area contributed by atoms with Crippen LogP contribution in [0.4, 0.5) is 0 Å². The second kappa shape index (κ2) is 7.04. The molecular formula is C26H30N4O. The molecule has 2 fully saturated rings. The van der Waals surface area contributed by atoms with Crippen molar-refractivity contribution in [2.24, 2.45) is 10.8 Å². The summed E-state index contributed by atoms with van der Waals surface area (Å²) in [5.74, 6) is 0.938. The lowest BCUT2D eigenvalue weighted by Gasteiger charge is -2.39. The van der Waals surface area contributed by atoms with Crippen LogP contribution in [0.25, 0.3) is 17.1 Å². The van der Waals surface area contributed by atoms with Crippen LogP contribution >= 0.6 is 0 Å². The summed E-state index contributed by atoms with van der Waals surface area (Å²) in [7, 11) is 0. The van der Waals surface area contributed by atoms with E-state index in [1.54, 1.807) is 0 Å². The van der Waals surface area contributed by atoms with Crippen LogP contribution in [0.5, 0.6) is 0 Å². The lowest BCUT2D eigenvalue weighted by atomic mass is 9.65. The van der Waals surface area contributed by atoms with Crippen molar-refractivity contribution in [3.63, 3.8) is 0 Å². The number of aryl methyl sites for hydroxylation is 1. The van der Waals surface area contributed by atoms with Crippen LogP contribution in [0, 0.1) is 17.8 Å². The number of likely N-dealkylation sites (tertiary alicyclic amines) is 1. The number of nitrogens with zero attached hydrogens (tertiary/aromatic N) is 4. The Morgan fingerprint density at radius 1 is 1.03 bits per heavy atom. The van der Waals surface area contributed by atoms with E-state index in [-0.39, 0.29) is 28.6 Å². The van der Waals surface area contributed by atoms with Crippen molar-refractivity contribution in [3.05, 3.63) is 66.0 Å². The zero-order valence-corrected chi connectivity index (χ0v) is 18.8. The lowest BCUT2D eigenvalue weighted by Crippen LogP contribution is -2.38. The Kier molecular flexibility index (Phi) is 4.54. The molecule has 2 heterocycles. The van der Waals surface area contributed by atoms with E-state index in [1.807, 2.05) is 52.0 Å². The molecule has 160 valence electrons. The van der Waals surface area contributed by atoms with E-state index in [0.717, 1.165) is 42.6 Å². The minimum atomic E-state index is -0.0463. The summed E-state index contributed by atoms with van der Waals surface area (Å²) in [5.41, 5.74) is 3.45. The zero-order chi connectivity index (χ0) is 21.8. The number of hydrogen-bond acceptors (Lipinski definition) is 3. The first-order valence-electron chi connectivity index (χ1n) is 11.1. The molecule has 31 heavy (non-hydrogen) atoms. The number of fused-ring (bicyclic) bond motifs is 2. The number of carbonyl (C=O) groups is 1. The van der Waals surface area contributed by atoms with E-state index in [4.69, 9.17) is 10.1 Å². The fourth-order valence-electron chi connectivity index (χ4n) is 5.94. The molecule has 1 saturated heterocycles. The summed E-state index contributed by atoms with van der Waals surface area (Å²) in [5, 5.41) is 4.73. The van der Waals surface area contributed by atoms with Crippen molar-refractivity contribution in [1.82, 2.24) is 19.7 Å². The molecule has 5 heteroatoms. The minimum absolute atomic E-state index is 0.0463. The van der Waals surface area contributed by atoms with Gasteiger partial charge in [-0.15, -0.1) is 5.10 Å². The first-order valence-corrected chi connectivity index (χ1v) is 11.1. The van der Waals surface area contributed by atoms with Gasteiger partial charge in [-0.1, -0.05) is 63.2 Å². The molecule has 5 rings (SSSR count). The van der Waals surface area contributed by atoms with E-state index >= 15 is 0 Å². The van der Waals surface area contributed by atoms with E-state index in [2.05, 4.69) is 39.8 Å². The van der Waals surface area contributed by atoms with Gasteiger partial charge in [-0.3, -0.25) is 4.79 Å². The van der Waals surface area contributed by atoms with Crippen LogP contribution in [0.3, 0.4) is 0 Å². The predicted molar refractivity (Wildman–Crippen MR) is 122 cm³/mol. The first-order chi connectivity index (χ1) is 14.7. The van der Waals surface area contributed by atoms with Gasteiger partial charge in [0.1, 0.15) is 0 Å². The minimum Gasteiger partial charge on any atom is -0.332 e. The second-order valence-electron chi connectivity index (χ2n) is 10.5. The van der Waals surface area contributed by atoms with Gasteiger partial charge in [-0.2, -0.15) is 0 Å². The molecule has 0 spiro atoms. The SMILES string of the molecule is Cc1cccc(-n2nc(C(=O)N3C[C@@]4(C)C[C@H]3CC(C)(C)C4)nc2-c2ccccc2)c1. The Balaban J connectivity index is 1.55. The summed E-state index contributed by atoms with van der Waals surface area (Å²) in [6, 6.07) is 18.4. The van der Waals surface area contributed by atoms with Crippen LogP contribution in [0.15, 0.2) is 54.6 Å². The zero-order valence-electron chi connectivity index (χ0n) is 18.8. The van der Waals surface area contributed by atoms with E-state index < -0.39 is 0 Å². The molecule has 0 N–H and O–H groups in total. The number of aromatic nitrogens is 3. The molecule has 2 aromatic carbocycles. The standard InChI is InChI=1S/C26H30N4O/c1-18-9-8-12-20(13-18)30-23(19-10-6-5-7-11-19)27-22(28-30)24(31)29-17-26(4)15-21(29)14-25(2,3)16-26/h5-13,21H,14-17H2,1-4H3/t21-,26+/m1/s1. The van der Waals surface area contributed by atoms with Crippen molar-refractivity contribution < 1.29 is 4.79 Å². The summed E-state index contributed by atoms with van der Waals surface area (Å²) >= 11 is 0. The number of amides is 1. The molecule has 1 aromatic heterocycles. The topological polar surface area (TPSA) is 51.0 Å². The smallest absolute Gasteiger partial charge is 0.293 e. The summed E-state index contributed by atoms with van der Waals surface area (Å²) in [4.78, 5) is 20.4. The van der Waals surface area contributed by atoms with Gasteiger partial charge in [0.15, 0.2) is 5.82 Å². The first kappa shape index (κ1) is 20.0. The summed E-state index contributed by atoms with van der Waals surface area (Å²) in [6.45, 7) is 9.82. The highest BCUT2D eigenvalue weighted by molar-refractivity contribution is 5.91. The Morgan fingerprint density at radius 3 is 2.55 bits per heavy atom. The van der Waals surface area contributed by atoms with Crippen LogP contribution in [0.1, 0.15) is 56.2 Å². The molecule has 3 aromatic rings. The third kappa shape index (κ3) is 3.67. The van der Waals surface area contributed by atoms with Gasteiger partial charge in [-0.05, 0) is 54.7 Å². The molecular weight excluding hydrogens is 384 g/mol. The number of rotatable bonds is 3. The molecule has 1 aliphatic heterocycles. The van der Waals surface area contributed by atoms with Crippen molar-refractivity contribution >= 4 is 5.91 Å². The normalized spacial score (nSPS) is 24.4. The third-order valence-electron chi connectivity index (χ3n) is 6.75. The molecule has 1 aliphatic carbocycles. The quantitative estimate of drug-likeness (QED) is 0.586. The number of hydrogen-bond donors (Lipinski definition) is 0. The Bertz CT molecular complexity index is 1130. The highest BCUT2D eigenvalue weighted by Gasteiger charge is 2.51. The van der Waals surface area contributed by atoms with Gasteiger partial charge in [-0.25, -0.2) is 9.67 Å². The average molecular weight is 415 g/mol. The van der Waals surface area contributed by atoms with Crippen LogP contribution in [-0.4, -0.2) is 38.2 Å². The van der Waals surface area contributed by atoms with Crippen molar-refractivity contribution in [2.45, 2.75) is 53.0 Å². The maximum Gasteiger partial charge on any atom is 0.293 e. The molecule has 0 unspecified atom stereocenters. The maximum absolute atomic E-state index is 13.6. The Morgan fingerprint density at radius 2 is 1.81 bits per heavy atom. The molecule has 2 atom stereocenters. The van der Waals surface area contributed by atoms with Gasteiger partial charge in [0.2, 0.25) is 5.82 Å². The maximum atomic E-state index is 13.6. The average Bonchev–Trinajstić information content (AvgIpc) is 3.26. The van der Waals surface area contributed by atoms with Gasteiger partial charge < -0.3 is 4.90 Å². The van der Waals surface area contributed by atoms with E-state index in [0.29, 0.717) is 5.82 Å². The summed E-state index contributed by atoms with van der Waals surface area (Å²) in [6.07, 6.45) is 3.27. The van der Waals surface area contributed by atoms with Gasteiger partial charge in [0.05, 0.1) is 5.69 Å². The van der Waals surface area contributed by atoms with E-state index in [9.17, 15) is 4.79 Å². The molecule has 1 saturated carbocycles. The highest BCUT2D eigenvalue weighted by Crippen LogP contribution is 2.52.